The molecule has 0 atom stereocenters. The first-order chi connectivity index (χ1) is 8.63. The van der Waals surface area contributed by atoms with Gasteiger partial charge < -0.3 is 10.1 Å². The zero-order valence-corrected chi connectivity index (χ0v) is 13.0. The van der Waals surface area contributed by atoms with Crippen molar-refractivity contribution in [1.82, 2.24) is 5.32 Å². The number of halogens is 1. The van der Waals surface area contributed by atoms with Crippen molar-refractivity contribution in [1.29, 1.82) is 0 Å². The van der Waals surface area contributed by atoms with Crippen LogP contribution in [-0.2, 0) is 6.54 Å². The van der Waals surface area contributed by atoms with Crippen LogP contribution >= 0.6 is 15.9 Å². The Hall–Kier alpha value is -0.800. The van der Waals surface area contributed by atoms with Gasteiger partial charge in [-0.25, -0.2) is 0 Å². The molecule has 0 unspecified atom stereocenters. The average molecular weight is 312 g/mol. The van der Waals surface area contributed by atoms with Crippen molar-refractivity contribution in [2.75, 3.05) is 13.2 Å². The summed E-state index contributed by atoms with van der Waals surface area (Å²) in [4.78, 5) is 0. The van der Waals surface area contributed by atoms with Gasteiger partial charge in [0.25, 0.3) is 0 Å². The zero-order chi connectivity index (χ0) is 13.4. The van der Waals surface area contributed by atoms with E-state index >= 15 is 0 Å². The third-order valence-electron chi connectivity index (χ3n) is 2.50. The van der Waals surface area contributed by atoms with Crippen LogP contribution in [0.5, 0.6) is 5.75 Å². The van der Waals surface area contributed by atoms with E-state index in [-0.39, 0.29) is 0 Å². The van der Waals surface area contributed by atoms with E-state index in [1.807, 2.05) is 12.1 Å². The summed E-state index contributed by atoms with van der Waals surface area (Å²) < 4.78 is 6.88. The molecule has 0 amide bonds. The Bertz CT molecular complexity index is 397. The first kappa shape index (κ1) is 15.3. The molecule has 0 radical (unpaired) electrons. The van der Waals surface area contributed by atoms with Crippen LogP contribution in [0.25, 0.3) is 0 Å². The van der Waals surface area contributed by atoms with Gasteiger partial charge in [0.2, 0.25) is 0 Å². The molecule has 3 heteroatoms. The Morgan fingerprint density at radius 2 is 2.17 bits per heavy atom. The lowest BCUT2D eigenvalue weighted by Gasteiger charge is -2.11. The van der Waals surface area contributed by atoms with Crippen molar-refractivity contribution >= 4 is 15.9 Å². The molecule has 2 nitrogen and oxygen atoms in total. The third kappa shape index (κ3) is 5.69. The van der Waals surface area contributed by atoms with Gasteiger partial charge in [-0.05, 0) is 51.1 Å². The summed E-state index contributed by atoms with van der Waals surface area (Å²) in [6.45, 7) is 8.82. The Labute approximate surface area is 119 Å². The molecule has 0 saturated heterocycles. The van der Waals surface area contributed by atoms with Gasteiger partial charge in [0.15, 0.2) is 0 Å². The lowest BCUT2D eigenvalue weighted by molar-refractivity contribution is 0.356. The van der Waals surface area contributed by atoms with Gasteiger partial charge >= 0.3 is 0 Å². The first-order valence-corrected chi connectivity index (χ1v) is 7.18. The number of nitrogens with one attached hydrogen (secondary N) is 1. The largest absolute Gasteiger partial charge is 0.489 e. The minimum absolute atomic E-state index is 0.630. The van der Waals surface area contributed by atoms with Crippen molar-refractivity contribution < 1.29 is 4.74 Å². The van der Waals surface area contributed by atoms with E-state index in [2.05, 4.69) is 54.2 Å². The van der Waals surface area contributed by atoms with E-state index in [9.17, 15) is 0 Å². The van der Waals surface area contributed by atoms with Gasteiger partial charge in [0.1, 0.15) is 12.4 Å². The summed E-state index contributed by atoms with van der Waals surface area (Å²) in [6.07, 6.45) is 3.23. The van der Waals surface area contributed by atoms with Crippen molar-refractivity contribution in [2.45, 2.75) is 33.7 Å². The van der Waals surface area contributed by atoms with Crippen LogP contribution in [-0.4, -0.2) is 13.2 Å². The molecular formula is C15H22BrNO. The lowest BCUT2D eigenvalue weighted by atomic mass is 10.2. The summed E-state index contributed by atoms with van der Waals surface area (Å²) in [6, 6.07) is 6.15. The fraction of sp³-hybridized carbons (Fsp3) is 0.467. The van der Waals surface area contributed by atoms with Crippen molar-refractivity contribution in [2.24, 2.45) is 0 Å². The molecule has 0 fully saturated rings. The maximum absolute atomic E-state index is 5.80. The lowest BCUT2D eigenvalue weighted by Crippen LogP contribution is -2.14. The highest BCUT2D eigenvalue weighted by atomic mass is 79.9. The summed E-state index contributed by atoms with van der Waals surface area (Å²) >= 11 is 3.50. The summed E-state index contributed by atoms with van der Waals surface area (Å²) in [5.74, 6) is 0.958. The number of ether oxygens (including phenoxy) is 1. The second-order valence-corrected chi connectivity index (χ2v) is 5.44. The van der Waals surface area contributed by atoms with Crippen LogP contribution in [0.15, 0.2) is 34.3 Å². The van der Waals surface area contributed by atoms with Gasteiger partial charge in [-0.1, -0.05) is 28.4 Å². The molecule has 0 aliphatic heterocycles. The molecule has 18 heavy (non-hydrogen) atoms. The predicted molar refractivity (Wildman–Crippen MR) is 81.1 cm³/mol. The fourth-order valence-electron chi connectivity index (χ4n) is 1.52. The minimum atomic E-state index is 0.630. The average Bonchev–Trinajstić information content (AvgIpc) is 2.32. The fourth-order valence-corrected chi connectivity index (χ4v) is 1.93. The summed E-state index contributed by atoms with van der Waals surface area (Å²) in [5, 5.41) is 3.40. The topological polar surface area (TPSA) is 21.3 Å². The molecule has 0 aliphatic rings. The smallest absolute Gasteiger partial charge is 0.124 e. The van der Waals surface area contributed by atoms with E-state index in [0.717, 1.165) is 29.7 Å². The summed E-state index contributed by atoms with van der Waals surface area (Å²) in [5.41, 5.74) is 2.47. The SMILES string of the molecule is CCCNCc1cc(Br)ccc1OCC=C(C)C. The van der Waals surface area contributed by atoms with Gasteiger partial charge in [-0.2, -0.15) is 0 Å². The van der Waals surface area contributed by atoms with Crippen LogP contribution in [0.4, 0.5) is 0 Å². The molecule has 0 spiro atoms. The van der Waals surface area contributed by atoms with E-state index in [0.29, 0.717) is 6.61 Å². The maximum atomic E-state index is 5.80. The van der Waals surface area contributed by atoms with Crippen LogP contribution in [0, 0.1) is 0 Å². The second kappa shape index (κ2) is 8.33. The molecule has 0 bridgehead atoms. The first-order valence-electron chi connectivity index (χ1n) is 6.38. The monoisotopic (exact) mass is 311 g/mol. The number of allylic oxidation sites excluding steroid dienone is 1. The predicted octanol–water partition coefficient (Wildman–Crippen LogP) is 4.29. The summed E-state index contributed by atoms with van der Waals surface area (Å²) in [7, 11) is 0. The van der Waals surface area contributed by atoms with Gasteiger partial charge in [0.05, 0.1) is 0 Å². The molecule has 1 aromatic rings. The molecule has 1 aromatic carbocycles. The Morgan fingerprint density at radius 3 is 2.83 bits per heavy atom. The van der Waals surface area contributed by atoms with Gasteiger partial charge in [-0.3, -0.25) is 0 Å². The second-order valence-electron chi connectivity index (χ2n) is 4.52. The molecule has 0 aliphatic carbocycles. The Morgan fingerprint density at radius 1 is 1.39 bits per heavy atom. The third-order valence-corrected chi connectivity index (χ3v) is 2.99. The van der Waals surface area contributed by atoms with Gasteiger partial charge in [0, 0.05) is 16.6 Å². The van der Waals surface area contributed by atoms with Crippen molar-refractivity contribution in [3.05, 3.63) is 39.9 Å². The number of hydrogen-bond donors (Lipinski definition) is 1. The molecule has 0 heterocycles. The zero-order valence-electron chi connectivity index (χ0n) is 11.4. The number of rotatable bonds is 7. The maximum Gasteiger partial charge on any atom is 0.124 e. The Balaban J connectivity index is 2.66. The van der Waals surface area contributed by atoms with E-state index in [1.54, 1.807) is 0 Å². The standard InChI is InChI=1S/C15H22BrNO/c1-4-8-17-11-13-10-14(16)5-6-15(13)18-9-7-12(2)3/h5-7,10,17H,4,8-9,11H2,1-3H3. The van der Waals surface area contributed by atoms with Crippen LogP contribution in [0.1, 0.15) is 32.8 Å². The number of hydrogen-bond acceptors (Lipinski definition) is 2. The minimum Gasteiger partial charge on any atom is -0.489 e. The molecule has 1 N–H and O–H groups in total. The highest BCUT2D eigenvalue weighted by Gasteiger charge is 2.03. The number of benzene rings is 1. The molecule has 100 valence electrons. The van der Waals surface area contributed by atoms with E-state index in [4.69, 9.17) is 4.74 Å². The van der Waals surface area contributed by atoms with Crippen molar-refractivity contribution in [3.63, 3.8) is 0 Å². The highest BCUT2D eigenvalue weighted by Crippen LogP contribution is 2.23. The molecule has 0 aromatic heterocycles. The van der Waals surface area contributed by atoms with Crippen LogP contribution in [0.3, 0.4) is 0 Å². The van der Waals surface area contributed by atoms with Crippen LogP contribution < -0.4 is 10.1 Å². The Kier molecular flexibility index (Phi) is 7.06. The molecule has 1 rings (SSSR count). The van der Waals surface area contributed by atoms with Gasteiger partial charge in [-0.15, -0.1) is 0 Å². The van der Waals surface area contributed by atoms with Crippen LogP contribution in [0.2, 0.25) is 0 Å². The van der Waals surface area contributed by atoms with E-state index in [1.165, 1.54) is 11.1 Å². The molecule has 0 saturated carbocycles. The normalized spacial score (nSPS) is 10.2. The van der Waals surface area contributed by atoms with E-state index < -0.39 is 0 Å². The van der Waals surface area contributed by atoms with Crippen molar-refractivity contribution in [3.8, 4) is 5.75 Å². The molecular weight excluding hydrogens is 290 g/mol. The quantitative estimate of drug-likeness (QED) is 0.599. The highest BCUT2D eigenvalue weighted by molar-refractivity contribution is 9.10.